The highest BCUT2D eigenvalue weighted by molar-refractivity contribution is 5.80. The molecule has 1 amide bonds. The lowest BCUT2D eigenvalue weighted by Crippen LogP contribution is -2.45. The highest BCUT2D eigenvalue weighted by Gasteiger charge is 2.45. The summed E-state index contributed by atoms with van der Waals surface area (Å²) in [6, 6.07) is 4.74. The van der Waals surface area contributed by atoms with Crippen molar-refractivity contribution in [2.75, 3.05) is 13.6 Å². The molecule has 1 aliphatic heterocycles. The second kappa shape index (κ2) is 8.86. The fraction of sp³-hybridized carbons (Fsp3) is 0.667. The summed E-state index contributed by atoms with van der Waals surface area (Å²) in [5, 5.41) is 4.43. The largest absolute Gasteiger partial charge is 0.353 e. The number of nitrogens with zero attached hydrogens (tertiary/aromatic N) is 3. The Morgan fingerprint density at radius 1 is 1.12 bits per heavy atom. The molecule has 178 valence electrons. The van der Waals surface area contributed by atoms with E-state index in [-0.39, 0.29) is 29.3 Å². The minimum atomic E-state index is 0.0828. The summed E-state index contributed by atoms with van der Waals surface area (Å²) < 4.78 is 1.77. The Morgan fingerprint density at radius 3 is 2.73 bits per heavy atom. The maximum atomic E-state index is 13.4. The number of aromatic nitrogens is 2. The Morgan fingerprint density at radius 2 is 1.91 bits per heavy atom. The van der Waals surface area contributed by atoms with Crippen LogP contribution in [0.15, 0.2) is 23.1 Å². The van der Waals surface area contributed by atoms with Crippen molar-refractivity contribution < 1.29 is 4.79 Å². The number of carbonyl (C=O) groups excluding carboxylic acids is 1. The molecule has 2 saturated carbocycles. The van der Waals surface area contributed by atoms with Crippen LogP contribution in [0.4, 0.5) is 0 Å². The van der Waals surface area contributed by atoms with E-state index in [0.717, 1.165) is 48.0 Å². The van der Waals surface area contributed by atoms with E-state index in [4.69, 9.17) is 0 Å². The highest BCUT2D eigenvalue weighted by Crippen LogP contribution is 2.40. The molecule has 0 aromatic carbocycles. The molecule has 2 aliphatic carbocycles. The summed E-state index contributed by atoms with van der Waals surface area (Å²) >= 11 is 0. The Hall–Kier alpha value is -2.21. The number of nitrogens with one attached hydrogen (secondary N) is 1. The number of aryl methyl sites for hydroxylation is 2. The molecule has 3 aliphatic rings. The summed E-state index contributed by atoms with van der Waals surface area (Å²) in [6.45, 7) is 5.08. The van der Waals surface area contributed by atoms with Gasteiger partial charge >= 0.3 is 0 Å². The van der Waals surface area contributed by atoms with Crippen LogP contribution in [-0.4, -0.2) is 46.0 Å². The van der Waals surface area contributed by atoms with Crippen molar-refractivity contribution in [1.82, 2.24) is 19.8 Å². The van der Waals surface area contributed by atoms with Crippen LogP contribution in [-0.2, 0) is 11.8 Å². The van der Waals surface area contributed by atoms with E-state index in [9.17, 15) is 9.59 Å². The third kappa shape index (κ3) is 4.11. The quantitative estimate of drug-likeness (QED) is 0.773. The van der Waals surface area contributed by atoms with Gasteiger partial charge in [0, 0.05) is 48.5 Å². The average molecular weight is 451 g/mol. The molecule has 0 radical (unpaired) electrons. The zero-order chi connectivity index (χ0) is 23.3. The molecule has 2 aromatic heterocycles. The number of likely N-dealkylation sites (tertiary alicyclic amines) is 1. The normalized spacial score (nSPS) is 32.6. The third-order valence-electron chi connectivity index (χ3n) is 8.90. The van der Waals surface area contributed by atoms with Gasteiger partial charge in [0.1, 0.15) is 0 Å². The van der Waals surface area contributed by atoms with Crippen LogP contribution < -0.4 is 10.9 Å². The van der Waals surface area contributed by atoms with E-state index >= 15 is 0 Å². The molecule has 1 saturated heterocycles. The van der Waals surface area contributed by atoms with Crippen LogP contribution in [0, 0.1) is 24.7 Å². The summed E-state index contributed by atoms with van der Waals surface area (Å²) in [6.07, 6.45) is 9.68. The molecule has 5 rings (SSSR count). The molecule has 3 fully saturated rings. The summed E-state index contributed by atoms with van der Waals surface area (Å²) in [5.74, 6) is 1.43. The minimum Gasteiger partial charge on any atom is -0.353 e. The first-order valence-corrected chi connectivity index (χ1v) is 12.8. The summed E-state index contributed by atoms with van der Waals surface area (Å²) in [7, 11) is 4.04. The van der Waals surface area contributed by atoms with Crippen LogP contribution >= 0.6 is 0 Å². The standard InChI is InChI=1S/C27H38N4O2/c1-16-9-10-19(29-26(32)23-15-30(3)24-8-6-5-7-20(23)24)13-21(16)22-12-18-14-28-17(2)11-25(18)31(4)27(22)33/h11-12,14,16,19-21,23-24H,5-10,13,15H2,1-4H3,(H,29,32). The molecular formula is C27H38N4O2. The molecule has 0 spiro atoms. The molecule has 6 unspecified atom stereocenters. The van der Waals surface area contributed by atoms with Gasteiger partial charge < -0.3 is 14.8 Å². The zero-order valence-electron chi connectivity index (χ0n) is 20.5. The SMILES string of the molecule is Cc1cc2c(cn1)cc(C1CC(NC(=O)C3CN(C)C4CCCCC34)CCC1C)c(=O)n2C. The lowest BCUT2D eigenvalue weighted by atomic mass is 9.74. The van der Waals surface area contributed by atoms with Gasteiger partial charge in [-0.1, -0.05) is 19.8 Å². The summed E-state index contributed by atoms with van der Waals surface area (Å²) in [5.41, 5.74) is 2.79. The lowest BCUT2D eigenvalue weighted by molar-refractivity contribution is -0.127. The van der Waals surface area contributed by atoms with Crippen LogP contribution in [0.3, 0.4) is 0 Å². The summed E-state index contributed by atoms with van der Waals surface area (Å²) in [4.78, 5) is 33.5. The van der Waals surface area contributed by atoms with Crippen LogP contribution in [0.25, 0.3) is 10.9 Å². The van der Waals surface area contributed by atoms with Gasteiger partial charge in [0.2, 0.25) is 5.91 Å². The molecule has 2 aromatic rings. The minimum absolute atomic E-state index is 0.0828. The van der Waals surface area contributed by atoms with Crippen LogP contribution in [0.2, 0.25) is 0 Å². The Labute approximate surface area is 196 Å². The second-order valence-corrected chi connectivity index (χ2v) is 11.0. The van der Waals surface area contributed by atoms with E-state index in [1.807, 2.05) is 32.3 Å². The Kier molecular flexibility index (Phi) is 6.06. The van der Waals surface area contributed by atoms with Crippen molar-refractivity contribution in [3.63, 3.8) is 0 Å². The van der Waals surface area contributed by atoms with Gasteiger partial charge in [-0.15, -0.1) is 0 Å². The van der Waals surface area contributed by atoms with Gasteiger partial charge in [-0.3, -0.25) is 14.6 Å². The predicted molar refractivity (Wildman–Crippen MR) is 131 cm³/mol. The molecule has 0 bridgehead atoms. The maximum Gasteiger partial charge on any atom is 0.254 e. The molecule has 6 atom stereocenters. The third-order valence-corrected chi connectivity index (χ3v) is 8.90. The van der Waals surface area contributed by atoms with Crippen LogP contribution in [0.1, 0.15) is 69.0 Å². The Bertz CT molecular complexity index is 1110. The van der Waals surface area contributed by atoms with Gasteiger partial charge in [0.25, 0.3) is 5.56 Å². The van der Waals surface area contributed by atoms with Gasteiger partial charge in [0.05, 0.1) is 11.4 Å². The fourth-order valence-corrected chi connectivity index (χ4v) is 6.97. The van der Waals surface area contributed by atoms with Gasteiger partial charge in [0.15, 0.2) is 0 Å². The zero-order valence-corrected chi connectivity index (χ0v) is 20.5. The number of hydrogen-bond acceptors (Lipinski definition) is 4. The molecule has 33 heavy (non-hydrogen) atoms. The molecule has 6 heteroatoms. The van der Waals surface area contributed by atoms with Gasteiger partial charge in [-0.05, 0) is 76.0 Å². The number of carbonyl (C=O) groups is 1. The fourth-order valence-electron chi connectivity index (χ4n) is 6.97. The van der Waals surface area contributed by atoms with Crippen molar-refractivity contribution in [3.05, 3.63) is 39.9 Å². The van der Waals surface area contributed by atoms with Crippen molar-refractivity contribution >= 4 is 16.8 Å². The monoisotopic (exact) mass is 450 g/mol. The second-order valence-electron chi connectivity index (χ2n) is 11.0. The van der Waals surface area contributed by atoms with E-state index in [1.165, 1.54) is 25.7 Å². The van der Waals surface area contributed by atoms with Crippen molar-refractivity contribution in [1.29, 1.82) is 0 Å². The Balaban J connectivity index is 1.35. The van der Waals surface area contributed by atoms with Gasteiger partial charge in [-0.2, -0.15) is 0 Å². The molecule has 3 heterocycles. The maximum absolute atomic E-state index is 13.4. The number of rotatable bonds is 3. The smallest absolute Gasteiger partial charge is 0.254 e. The molecule has 6 nitrogen and oxygen atoms in total. The average Bonchev–Trinajstić information content (AvgIpc) is 3.15. The first-order chi connectivity index (χ1) is 15.8. The van der Waals surface area contributed by atoms with Crippen molar-refractivity contribution in [3.8, 4) is 0 Å². The van der Waals surface area contributed by atoms with E-state index in [1.54, 1.807) is 4.57 Å². The lowest BCUT2D eigenvalue weighted by Gasteiger charge is -2.36. The topological polar surface area (TPSA) is 67.2 Å². The first kappa shape index (κ1) is 22.6. The highest BCUT2D eigenvalue weighted by atomic mass is 16.2. The predicted octanol–water partition coefficient (Wildman–Crippen LogP) is 3.75. The number of hydrogen-bond donors (Lipinski definition) is 1. The molecule has 1 N–H and O–H groups in total. The number of pyridine rings is 2. The van der Waals surface area contributed by atoms with E-state index in [0.29, 0.717) is 17.9 Å². The van der Waals surface area contributed by atoms with E-state index < -0.39 is 0 Å². The van der Waals surface area contributed by atoms with Crippen molar-refractivity contribution in [2.24, 2.45) is 24.8 Å². The van der Waals surface area contributed by atoms with Crippen LogP contribution in [0.5, 0.6) is 0 Å². The van der Waals surface area contributed by atoms with Crippen molar-refractivity contribution in [2.45, 2.75) is 76.8 Å². The first-order valence-electron chi connectivity index (χ1n) is 12.8. The van der Waals surface area contributed by atoms with E-state index in [2.05, 4.69) is 29.2 Å². The number of fused-ring (bicyclic) bond motifs is 2. The number of amides is 1. The molecular weight excluding hydrogens is 412 g/mol. The van der Waals surface area contributed by atoms with Gasteiger partial charge in [-0.25, -0.2) is 0 Å².